The molecule has 0 unspecified atom stereocenters. The molecule has 0 amide bonds. The number of benzene rings is 1. The summed E-state index contributed by atoms with van der Waals surface area (Å²) in [6, 6.07) is 4.39. The summed E-state index contributed by atoms with van der Waals surface area (Å²) in [5.74, 6) is 0. The minimum absolute atomic E-state index is 0.993. The molecule has 0 nitrogen and oxygen atoms in total. The van der Waals surface area contributed by atoms with Crippen LogP contribution in [0.15, 0.2) is 37.4 Å². The summed E-state index contributed by atoms with van der Waals surface area (Å²) in [6.07, 6.45) is 11.6. The van der Waals surface area contributed by atoms with Crippen molar-refractivity contribution < 1.29 is 0 Å². The van der Waals surface area contributed by atoms with Crippen LogP contribution in [-0.4, -0.2) is 0 Å². The molecule has 0 spiro atoms. The summed E-state index contributed by atoms with van der Waals surface area (Å²) in [5.41, 5.74) is 3.44. The van der Waals surface area contributed by atoms with Crippen molar-refractivity contribution in [3.63, 3.8) is 0 Å². The topological polar surface area (TPSA) is 0 Å². The molecule has 0 fully saturated rings. The highest BCUT2D eigenvalue weighted by Crippen LogP contribution is 2.15. The van der Waals surface area contributed by atoms with Gasteiger partial charge in [-0.05, 0) is 47.0 Å². The second-order valence-electron chi connectivity index (χ2n) is 4.09. The van der Waals surface area contributed by atoms with E-state index in [9.17, 15) is 0 Å². The third-order valence-corrected chi connectivity index (χ3v) is 2.82. The van der Waals surface area contributed by atoms with Crippen LogP contribution >= 0.6 is 0 Å². The van der Waals surface area contributed by atoms with E-state index in [2.05, 4.69) is 49.6 Å². The number of hydrogen-bond acceptors (Lipinski definition) is 0. The van der Waals surface area contributed by atoms with Gasteiger partial charge in [-0.15, -0.1) is 0 Å². The van der Waals surface area contributed by atoms with Gasteiger partial charge >= 0.3 is 0 Å². The summed E-state index contributed by atoms with van der Waals surface area (Å²) in [4.78, 5) is 0. The fraction of sp³-hybridized carbons (Fsp3) is 0.222. The van der Waals surface area contributed by atoms with Gasteiger partial charge in [-0.3, -0.25) is 0 Å². The highest BCUT2D eigenvalue weighted by molar-refractivity contribution is 5.72. The van der Waals surface area contributed by atoms with E-state index in [0.29, 0.717) is 0 Å². The molecule has 1 aromatic rings. The maximum Gasteiger partial charge on any atom is -0.0154 e. The monoisotopic (exact) mass is 238 g/mol. The first-order valence-electron chi connectivity index (χ1n) is 6.52. The molecule has 0 heteroatoms. The third-order valence-electron chi connectivity index (χ3n) is 2.82. The van der Waals surface area contributed by atoms with Crippen LogP contribution in [-0.2, 0) is 0 Å². The molecule has 18 heavy (non-hydrogen) atoms. The lowest BCUT2D eigenvalue weighted by Gasteiger charge is -2.06. The van der Waals surface area contributed by atoms with Crippen molar-refractivity contribution in [2.75, 3.05) is 0 Å². The Bertz CT molecular complexity index is 583. The first-order valence-corrected chi connectivity index (χ1v) is 6.52. The number of hydrogen-bond donors (Lipinski definition) is 0. The van der Waals surface area contributed by atoms with Gasteiger partial charge in [0.2, 0.25) is 0 Å². The van der Waals surface area contributed by atoms with Crippen molar-refractivity contribution in [3.8, 4) is 0 Å². The molecule has 0 saturated heterocycles. The summed E-state index contributed by atoms with van der Waals surface area (Å²) in [7, 11) is 0. The van der Waals surface area contributed by atoms with Crippen LogP contribution < -0.4 is 10.4 Å². The molecule has 0 atom stereocenters. The largest absolute Gasteiger partial charge is 0.0984 e. The highest BCUT2D eigenvalue weighted by atomic mass is 14.1. The Labute approximate surface area is 110 Å². The smallest absolute Gasteiger partial charge is 0.0154 e. The van der Waals surface area contributed by atoms with E-state index in [1.54, 1.807) is 0 Å². The fourth-order valence-electron chi connectivity index (χ4n) is 1.96. The van der Waals surface area contributed by atoms with Gasteiger partial charge in [0.05, 0.1) is 0 Å². The Morgan fingerprint density at radius 3 is 2.56 bits per heavy atom. The second kappa shape index (κ2) is 6.80. The highest BCUT2D eigenvalue weighted by Gasteiger charge is 2.01. The summed E-state index contributed by atoms with van der Waals surface area (Å²) in [5, 5.41) is 2.54. The Morgan fingerprint density at radius 1 is 1.22 bits per heavy atom. The lowest BCUT2D eigenvalue weighted by atomic mass is 9.99. The quantitative estimate of drug-likeness (QED) is 0.733. The zero-order chi connectivity index (χ0) is 13.5. The minimum Gasteiger partial charge on any atom is -0.0984 e. The molecule has 1 aliphatic rings. The van der Waals surface area contributed by atoms with Gasteiger partial charge in [0, 0.05) is 0 Å². The maximum atomic E-state index is 4.02. The predicted molar refractivity (Wildman–Crippen MR) is 84.5 cm³/mol. The minimum atomic E-state index is 0.993. The number of allylic oxidation sites excluding steroid dienone is 3. The van der Waals surface area contributed by atoms with Crippen molar-refractivity contribution in [2.45, 2.75) is 27.2 Å². The molecule has 0 bridgehead atoms. The summed E-state index contributed by atoms with van der Waals surface area (Å²) in [6.45, 7) is 13.9. The molecule has 1 aliphatic carbocycles. The lowest BCUT2D eigenvalue weighted by Crippen LogP contribution is -2.25. The van der Waals surface area contributed by atoms with Gasteiger partial charge in [0.1, 0.15) is 0 Å². The molecule has 0 saturated carbocycles. The molecule has 0 heterocycles. The number of fused-ring (bicyclic) bond motifs is 1. The molecular formula is C18H22. The first kappa shape index (κ1) is 14.2. The Hall–Kier alpha value is -1.82. The van der Waals surface area contributed by atoms with E-state index in [4.69, 9.17) is 0 Å². The summed E-state index contributed by atoms with van der Waals surface area (Å²) < 4.78 is 0. The second-order valence-corrected chi connectivity index (χ2v) is 4.09. The van der Waals surface area contributed by atoms with Crippen molar-refractivity contribution in [3.05, 3.63) is 59.0 Å². The Morgan fingerprint density at radius 2 is 1.94 bits per heavy atom. The van der Waals surface area contributed by atoms with Gasteiger partial charge in [0.25, 0.3) is 0 Å². The van der Waals surface area contributed by atoms with Crippen LogP contribution in [0.3, 0.4) is 0 Å². The van der Waals surface area contributed by atoms with Crippen molar-refractivity contribution >= 4 is 23.8 Å². The van der Waals surface area contributed by atoms with Gasteiger partial charge in [-0.1, -0.05) is 63.0 Å². The fourth-order valence-corrected chi connectivity index (χ4v) is 1.96. The van der Waals surface area contributed by atoms with E-state index >= 15 is 0 Å². The first-order chi connectivity index (χ1) is 8.72. The molecule has 2 rings (SSSR count). The van der Waals surface area contributed by atoms with Gasteiger partial charge in [-0.2, -0.15) is 0 Å². The van der Waals surface area contributed by atoms with Gasteiger partial charge in [0.15, 0.2) is 0 Å². The van der Waals surface area contributed by atoms with E-state index in [0.717, 1.165) is 17.6 Å². The van der Waals surface area contributed by atoms with E-state index in [-0.39, 0.29) is 0 Å². The SMILES string of the molecule is C=Cc1cc2c(cc1C(=C)C)=CC=CCC=2.CC. The summed E-state index contributed by atoms with van der Waals surface area (Å²) >= 11 is 0. The van der Waals surface area contributed by atoms with E-state index in [1.165, 1.54) is 16.0 Å². The van der Waals surface area contributed by atoms with Gasteiger partial charge < -0.3 is 0 Å². The molecule has 94 valence electrons. The molecule has 1 aromatic carbocycles. The molecule has 0 radical (unpaired) electrons. The van der Waals surface area contributed by atoms with Gasteiger partial charge in [-0.25, -0.2) is 0 Å². The van der Waals surface area contributed by atoms with Crippen LogP contribution in [0.25, 0.3) is 23.8 Å². The predicted octanol–water partition coefficient (Wildman–Crippen LogP) is 3.91. The Balaban J connectivity index is 0.000000771. The van der Waals surface area contributed by atoms with Crippen LogP contribution in [0.5, 0.6) is 0 Å². The van der Waals surface area contributed by atoms with E-state index < -0.39 is 0 Å². The standard InChI is InChI=1S/C16H16.C2H6/c1-4-13-10-14-8-6-5-7-9-15(14)11-16(13)12(2)3;1-2/h4-5,7-11H,1-2,6H2,3H3;1-2H3. The van der Waals surface area contributed by atoms with Crippen molar-refractivity contribution in [1.82, 2.24) is 0 Å². The molecule has 0 aliphatic heterocycles. The van der Waals surface area contributed by atoms with Crippen LogP contribution in [0.4, 0.5) is 0 Å². The zero-order valence-electron chi connectivity index (χ0n) is 11.7. The van der Waals surface area contributed by atoms with Crippen LogP contribution in [0, 0.1) is 0 Å². The zero-order valence-corrected chi connectivity index (χ0v) is 11.7. The van der Waals surface area contributed by atoms with Crippen LogP contribution in [0.2, 0.25) is 0 Å². The van der Waals surface area contributed by atoms with Crippen molar-refractivity contribution in [2.24, 2.45) is 0 Å². The Kier molecular flexibility index (Phi) is 5.38. The van der Waals surface area contributed by atoms with E-state index in [1.807, 2.05) is 26.8 Å². The average Bonchev–Trinajstić information content (AvgIpc) is 2.63. The molecule has 0 N–H and O–H groups in total. The number of rotatable bonds is 2. The van der Waals surface area contributed by atoms with Crippen molar-refractivity contribution in [1.29, 1.82) is 0 Å². The molecular weight excluding hydrogens is 216 g/mol. The lowest BCUT2D eigenvalue weighted by molar-refractivity contribution is 1.42. The van der Waals surface area contributed by atoms with Crippen LogP contribution in [0.1, 0.15) is 38.3 Å². The third kappa shape index (κ3) is 3.10. The molecule has 0 aromatic heterocycles. The average molecular weight is 238 g/mol. The maximum absolute atomic E-state index is 4.02. The normalized spacial score (nSPS) is 11.9.